The van der Waals surface area contributed by atoms with Crippen LogP contribution in [-0.4, -0.2) is 74.0 Å². The Labute approximate surface area is 165 Å². The van der Waals surface area contributed by atoms with Gasteiger partial charge in [0.25, 0.3) is 0 Å². The number of rotatable bonds is 1. The molecule has 2 saturated heterocycles. The minimum atomic E-state index is -0.195. The summed E-state index contributed by atoms with van der Waals surface area (Å²) in [5.41, 5.74) is 2.02. The fraction of sp³-hybridized carbons (Fsp3) is 0.474. The number of nitrogens with zero attached hydrogens (tertiary/aromatic N) is 4. The van der Waals surface area contributed by atoms with E-state index < -0.39 is 0 Å². The number of urea groups is 1. The van der Waals surface area contributed by atoms with E-state index in [1.807, 2.05) is 6.07 Å². The number of aromatic nitrogens is 4. The Morgan fingerprint density at radius 3 is 2.93 bits per heavy atom. The molecule has 3 N–H and O–H groups in total. The van der Waals surface area contributed by atoms with Gasteiger partial charge in [0.2, 0.25) is 5.91 Å². The molecule has 0 unspecified atom stereocenters. The zero-order valence-corrected chi connectivity index (χ0v) is 16.1. The Morgan fingerprint density at radius 2 is 2.10 bits per heavy atom. The molecule has 2 fully saturated rings. The van der Waals surface area contributed by atoms with Gasteiger partial charge in [0.15, 0.2) is 0 Å². The van der Waals surface area contributed by atoms with Crippen molar-refractivity contribution < 1.29 is 9.59 Å². The van der Waals surface area contributed by atoms with Gasteiger partial charge in [0.05, 0.1) is 23.3 Å². The number of hydrogen-bond acceptors (Lipinski definition) is 4. The number of carbonyl (C=O) groups is 2. The third-order valence-corrected chi connectivity index (χ3v) is 6.09. The minimum absolute atomic E-state index is 0.0816. The average molecular weight is 397 g/mol. The average Bonchev–Trinajstić information content (AvgIpc) is 3.31. The largest absolute Gasteiger partial charge is 0.353 e. The summed E-state index contributed by atoms with van der Waals surface area (Å²) >= 11 is 0. The first-order valence-corrected chi connectivity index (χ1v) is 9.90. The number of piperidine rings is 1. The number of carbonyl (C=O) groups excluding carboxylic acids is 2. The molecule has 3 amide bonds. The summed E-state index contributed by atoms with van der Waals surface area (Å²) in [6.45, 7) is 4.22. The molecule has 5 heterocycles. The smallest absolute Gasteiger partial charge is 0.326 e. The normalized spacial score (nSPS) is 23.0. The summed E-state index contributed by atoms with van der Waals surface area (Å²) in [7, 11) is 0. The van der Waals surface area contributed by atoms with Crippen LogP contribution in [0.2, 0.25) is 0 Å². The number of nitrogens with one attached hydrogen (secondary N) is 3. The van der Waals surface area contributed by atoms with E-state index in [4.69, 9.17) is 0 Å². The quantitative estimate of drug-likeness (QED) is 0.558. The Morgan fingerprint density at radius 1 is 1.24 bits per heavy atom. The first-order valence-electron chi connectivity index (χ1n) is 9.90. The Bertz CT molecular complexity index is 1160. The summed E-state index contributed by atoms with van der Waals surface area (Å²) in [5.74, 6) is 0.0873. The first-order chi connectivity index (χ1) is 14.0. The van der Waals surface area contributed by atoms with E-state index >= 15 is 0 Å². The predicted octanol–water partition coefficient (Wildman–Crippen LogP) is 0.641. The highest BCUT2D eigenvalue weighted by molar-refractivity contribution is 6.01. The molecular formula is C19H23N7O3. The molecule has 0 radical (unpaired) electrons. The van der Waals surface area contributed by atoms with E-state index in [1.165, 1.54) is 0 Å². The molecule has 3 aromatic rings. The molecule has 10 heteroatoms. The van der Waals surface area contributed by atoms with Crippen molar-refractivity contribution in [3.8, 4) is 0 Å². The SMILES string of the molecule is C[C@@H]1CCN(C(=O)N2CCNC(=O)C2)C[C@@H]1n1c(=O)[nH]c2cnc3[nH]ccc3c21. The highest BCUT2D eigenvalue weighted by Crippen LogP contribution is 2.31. The van der Waals surface area contributed by atoms with Gasteiger partial charge in [0, 0.05) is 37.8 Å². The summed E-state index contributed by atoms with van der Waals surface area (Å²) in [6.07, 6.45) is 4.26. The fourth-order valence-electron chi connectivity index (χ4n) is 4.50. The van der Waals surface area contributed by atoms with Crippen LogP contribution in [0.25, 0.3) is 22.1 Å². The van der Waals surface area contributed by atoms with Crippen LogP contribution in [0.5, 0.6) is 0 Å². The van der Waals surface area contributed by atoms with Crippen LogP contribution in [0, 0.1) is 5.92 Å². The van der Waals surface area contributed by atoms with Crippen LogP contribution in [0.15, 0.2) is 23.3 Å². The molecular weight excluding hydrogens is 374 g/mol. The van der Waals surface area contributed by atoms with Gasteiger partial charge in [-0.25, -0.2) is 14.6 Å². The van der Waals surface area contributed by atoms with E-state index in [0.29, 0.717) is 31.7 Å². The van der Waals surface area contributed by atoms with Crippen LogP contribution < -0.4 is 11.0 Å². The maximum atomic E-state index is 13.0. The summed E-state index contributed by atoms with van der Waals surface area (Å²) in [6, 6.07) is 1.61. The maximum Gasteiger partial charge on any atom is 0.326 e. The number of imidazole rings is 1. The topological polar surface area (TPSA) is 119 Å². The second kappa shape index (κ2) is 6.64. The van der Waals surface area contributed by atoms with Crippen LogP contribution in [-0.2, 0) is 4.79 Å². The van der Waals surface area contributed by atoms with Gasteiger partial charge in [0.1, 0.15) is 12.2 Å². The Balaban J connectivity index is 1.51. The van der Waals surface area contributed by atoms with Crippen molar-refractivity contribution in [2.24, 2.45) is 5.92 Å². The summed E-state index contributed by atoms with van der Waals surface area (Å²) in [5, 5.41) is 3.62. The third-order valence-electron chi connectivity index (χ3n) is 6.09. The molecule has 0 aliphatic carbocycles. The van der Waals surface area contributed by atoms with E-state index in [1.54, 1.807) is 26.8 Å². The molecule has 10 nitrogen and oxygen atoms in total. The van der Waals surface area contributed by atoms with Gasteiger partial charge in [-0.2, -0.15) is 0 Å². The van der Waals surface area contributed by atoms with Crippen molar-refractivity contribution >= 4 is 34.0 Å². The second-order valence-corrected chi connectivity index (χ2v) is 7.89. The number of aromatic amines is 2. The zero-order valence-electron chi connectivity index (χ0n) is 16.1. The number of hydrogen-bond donors (Lipinski definition) is 3. The van der Waals surface area contributed by atoms with Gasteiger partial charge in [-0.15, -0.1) is 0 Å². The molecule has 0 spiro atoms. The second-order valence-electron chi connectivity index (χ2n) is 7.89. The van der Waals surface area contributed by atoms with Crippen LogP contribution in [0.1, 0.15) is 19.4 Å². The lowest BCUT2D eigenvalue weighted by atomic mass is 9.93. The highest BCUT2D eigenvalue weighted by Gasteiger charge is 2.35. The van der Waals surface area contributed by atoms with Gasteiger partial charge in [-0.05, 0) is 18.4 Å². The summed E-state index contributed by atoms with van der Waals surface area (Å²) in [4.78, 5) is 51.2. The van der Waals surface area contributed by atoms with Crippen molar-refractivity contribution in [3.63, 3.8) is 0 Å². The third kappa shape index (κ3) is 2.86. The number of pyridine rings is 1. The molecule has 0 aromatic carbocycles. The van der Waals surface area contributed by atoms with Crippen molar-refractivity contribution in [2.45, 2.75) is 19.4 Å². The van der Waals surface area contributed by atoms with Crippen LogP contribution in [0.4, 0.5) is 4.79 Å². The van der Waals surface area contributed by atoms with Crippen molar-refractivity contribution in [2.75, 3.05) is 32.7 Å². The van der Waals surface area contributed by atoms with E-state index in [0.717, 1.165) is 23.0 Å². The number of piperazine rings is 1. The standard InChI is InChI=1S/C19H23N7O3/c1-11-3-6-24(19(29)25-7-5-20-15(27)10-25)9-14(11)26-16-12-2-4-21-17(12)22-8-13(16)23-18(26)28/h2,4,8,11,14H,3,5-7,9-10H2,1H3,(H,20,27)(H,21,22)(H,23,28)/t11-,14+/m1/s1. The Kier molecular flexibility index (Phi) is 4.07. The molecule has 2 aliphatic heterocycles. The van der Waals surface area contributed by atoms with Gasteiger partial charge in [-0.1, -0.05) is 6.92 Å². The summed E-state index contributed by atoms with van der Waals surface area (Å²) < 4.78 is 1.78. The lowest BCUT2D eigenvalue weighted by molar-refractivity contribution is -0.123. The molecule has 152 valence electrons. The van der Waals surface area contributed by atoms with Crippen molar-refractivity contribution in [1.82, 2.24) is 34.6 Å². The molecule has 2 aliphatic rings. The number of fused-ring (bicyclic) bond motifs is 3. The number of amides is 3. The molecule has 5 rings (SSSR count). The molecule has 29 heavy (non-hydrogen) atoms. The van der Waals surface area contributed by atoms with E-state index in [2.05, 4.69) is 27.2 Å². The maximum absolute atomic E-state index is 13.0. The van der Waals surface area contributed by atoms with Gasteiger partial charge in [-0.3, -0.25) is 9.36 Å². The molecule has 0 saturated carbocycles. The monoisotopic (exact) mass is 397 g/mol. The molecule has 0 bridgehead atoms. The van der Waals surface area contributed by atoms with E-state index in [9.17, 15) is 14.4 Å². The predicted molar refractivity (Wildman–Crippen MR) is 107 cm³/mol. The van der Waals surface area contributed by atoms with Crippen molar-refractivity contribution in [3.05, 3.63) is 28.9 Å². The first kappa shape index (κ1) is 17.8. The minimum Gasteiger partial charge on any atom is -0.353 e. The van der Waals surface area contributed by atoms with Gasteiger partial charge >= 0.3 is 11.7 Å². The van der Waals surface area contributed by atoms with Crippen LogP contribution in [0.3, 0.4) is 0 Å². The number of H-pyrrole nitrogens is 2. The fourth-order valence-corrected chi connectivity index (χ4v) is 4.50. The zero-order chi connectivity index (χ0) is 20.1. The van der Waals surface area contributed by atoms with Gasteiger partial charge < -0.3 is 25.1 Å². The molecule has 3 aromatic heterocycles. The lowest BCUT2D eigenvalue weighted by Gasteiger charge is -2.40. The number of likely N-dealkylation sites (tertiary alicyclic amines) is 1. The van der Waals surface area contributed by atoms with Crippen molar-refractivity contribution in [1.29, 1.82) is 0 Å². The highest BCUT2D eigenvalue weighted by atomic mass is 16.2. The molecule has 2 atom stereocenters. The lowest BCUT2D eigenvalue weighted by Crippen LogP contribution is -2.56. The van der Waals surface area contributed by atoms with E-state index in [-0.39, 0.29) is 36.1 Å². The van der Waals surface area contributed by atoms with Crippen LogP contribution >= 0.6 is 0 Å². The Hall–Kier alpha value is -3.30.